The minimum absolute atomic E-state index is 0.0479. The SMILES string of the molecule is O=C(O)C(NP(=O)(O)Cc1c(F)c(F)c(F)c(F)c1F)c1ccccc1. The van der Waals surface area contributed by atoms with E-state index in [0.717, 1.165) is 0 Å². The standard InChI is InChI=1S/C15H11F5NO4P/c16-9-8(10(17)12(19)13(20)11(9)18)6-26(24,25)21-14(15(22)23)7-4-2-1-3-5-7/h1-5,14H,6H2,(H,22,23)(H2,21,24,25). The molecule has 0 radical (unpaired) electrons. The monoisotopic (exact) mass is 395 g/mol. The lowest BCUT2D eigenvalue weighted by Gasteiger charge is -2.20. The van der Waals surface area contributed by atoms with Crippen molar-refractivity contribution in [2.24, 2.45) is 0 Å². The highest BCUT2D eigenvalue weighted by Crippen LogP contribution is 2.44. The van der Waals surface area contributed by atoms with Crippen LogP contribution in [0.4, 0.5) is 22.0 Å². The molecule has 0 amide bonds. The fourth-order valence-electron chi connectivity index (χ4n) is 2.17. The Kier molecular flexibility index (Phi) is 5.80. The molecule has 2 atom stereocenters. The van der Waals surface area contributed by atoms with Crippen molar-refractivity contribution in [2.45, 2.75) is 12.2 Å². The van der Waals surface area contributed by atoms with Crippen LogP contribution < -0.4 is 5.09 Å². The van der Waals surface area contributed by atoms with Gasteiger partial charge in [-0.15, -0.1) is 0 Å². The lowest BCUT2D eigenvalue weighted by atomic mass is 10.1. The van der Waals surface area contributed by atoms with Gasteiger partial charge < -0.3 is 10.00 Å². The lowest BCUT2D eigenvalue weighted by molar-refractivity contribution is -0.139. The number of carbonyl (C=O) groups is 1. The Balaban J connectivity index is 2.37. The zero-order valence-electron chi connectivity index (χ0n) is 12.7. The molecule has 11 heteroatoms. The molecule has 0 spiro atoms. The minimum Gasteiger partial charge on any atom is -0.480 e. The Bertz CT molecular complexity index is 864. The van der Waals surface area contributed by atoms with Crippen LogP contribution in [0.3, 0.4) is 0 Å². The summed E-state index contributed by atoms with van der Waals surface area (Å²) < 4.78 is 78.9. The zero-order chi connectivity index (χ0) is 19.6. The van der Waals surface area contributed by atoms with E-state index < -0.39 is 60.3 Å². The van der Waals surface area contributed by atoms with Crippen molar-refractivity contribution in [2.75, 3.05) is 0 Å². The quantitative estimate of drug-likeness (QED) is 0.302. The fourth-order valence-corrected chi connectivity index (χ4v) is 3.63. The molecular weight excluding hydrogens is 384 g/mol. The highest BCUT2D eigenvalue weighted by molar-refractivity contribution is 7.55. The predicted molar refractivity (Wildman–Crippen MR) is 79.7 cm³/mol. The first-order valence-electron chi connectivity index (χ1n) is 6.93. The van der Waals surface area contributed by atoms with Crippen LogP contribution in [-0.2, 0) is 15.5 Å². The van der Waals surface area contributed by atoms with E-state index in [4.69, 9.17) is 0 Å². The van der Waals surface area contributed by atoms with Crippen molar-refractivity contribution in [3.05, 3.63) is 70.5 Å². The Labute approximate surface area is 143 Å². The van der Waals surface area contributed by atoms with E-state index in [9.17, 15) is 41.3 Å². The van der Waals surface area contributed by atoms with Gasteiger partial charge in [-0.1, -0.05) is 30.3 Å². The summed E-state index contributed by atoms with van der Waals surface area (Å²) in [4.78, 5) is 21.2. The van der Waals surface area contributed by atoms with Gasteiger partial charge in [0.15, 0.2) is 23.3 Å². The minimum atomic E-state index is -4.87. The molecule has 0 saturated heterocycles. The summed E-state index contributed by atoms with van der Waals surface area (Å²) >= 11 is 0. The summed E-state index contributed by atoms with van der Waals surface area (Å²) in [6, 6.07) is 5.32. The normalized spacial score (nSPS) is 14.7. The van der Waals surface area contributed by atoms with Crippen molar-refractivity contribution >= 4 is 13.5 Å². The third kappa shape index (κ3) is 4.09. The molecule has 5 nitrogen and oxygen atoms in total. The van der Waals surface area contributed by atoms with Crippen molar-refractivity contribution in [3.8, 4) is 0 Å². The van der Waals surface area contributed by atoms with Gasteiger partial charge in [0.05, 0.1) is 6.16 Å². The number of nitrogens with one attached hydrogen (secondary N) is 1. The molecule has 2 aromatic carbocycles. The van der Waals surface area contributed by atoms with Crippen LogP contribution >= 0.6 is 7.52 Å². The molecule has 0 bridgehead atoms. The first kappa shape index (κ1) is 20.0. The molecule has 2 aromatic rings. The summed E-state index contributed by atoms with van der Waals surface area (Å²) in [5, 5.41) is 11.0. The van der Waals surface area contributed by atoms with Gasteiger partial charge in [-0.25, -0.2) is 27.0 Å². The van der Waals surface area contributed by atoms with Crippen molar-refractivity contribution in [1.29, 1.82) is 0 Å². The molecule has 0 fully saturated rings. The first-order valence-corrected chi connectivity index (χ1v) is 8.77. The maximum absolute atomic E-state index is 13.7. The van der Waals surface area contributed by atoms with E-state index in [2.05, 4.69) is 0 Å². The summed E-state index contributed by atoms with van der Waals surface area (Å²) in [5.74, 6) is -13.0. The second-order valence-electron chi connectivity index (χ2n) is 5.22. The largest absolute Gasteiger partial charge is 0.480 e. The van der Waals surface area contributed by atoms with Gasteiger partial charge in [0, 0.05) is 5.56 Å². The average Bonchev–Trinajstić information content (AvgIpc) is 2.60. The molecule has 0 aliphatic heterocycles. The Morgan fingerprint density at radius 3 is 1.88 bits per heavy atom. The number of hydrogen-bond donors (Lipinski definition) is 3. The van der Waals surface area contributed by atoms with Gasteiger partial charge in [-0.3, -0.25) is 9.36 Å². The number of rotatable bonds is 6. The fraction of sp³-hybridized carbons (Fsp3) is 0.133. The van der Waals surface area contributed by atoms with Gasteiger partial charge in [-0.05, 0) is 5.56 Å². The number of carboxylic acid groups (broad SMARTS) is 1. The number of aliphatic carboxylic acids is 1. The van der Waals surface area contributed by atoms with Gasteiger partial charge in [0.25, 0.3) is 7.52 Å². The molecule has 2 rings (SSSR count). The van der Waals surface area contributed by atoms with Crippen LogP contribution in [0.5, 0.6) is 0 Å². The highest BCUT2D eigenvalue weighted by Gasteiger charge is 2.34. The molecule has 0 aliphatic rings. The zero-order valence-corrected chi connectivity index (χ0v) is 13.6. The number of benzene rings is 2. The van der Waals surface area contributed by atoms with E-state index in [1.807, 2.05) is 0 Å². The number of hydrogen-bond acceptors (Lipinski definition) is 2. The molecule has 3 N–H and O–H groups in total. The molecule has 0 heterocycles. The molecule has 26 heavy (non-hydrogen) atoms. The molecule has 0 saturated carbocycles. The van der Waals surface area contributed by atoms with Crippen molar-refractivity contribution < 1.29 is 41.3 Å². The van der Waals surface area contributed by atoms with Crippen LogP contribution in [0, 0.1) is 29.1 Å². The van der Waals surface area contributed by atoms with Crippen molar-refractivity contribution in [1.82, 2.24) is 5.09 Å². The Morgan fingerprint density at radius 1 is 0.962 bits per heavy atom. The van der Waals surface area contributed by atoms with E-state index in [-0.39, 0.29) is 5.56 Å². The second-order valence-corrected chi connectivity index (χ2v) is 7.20. The average molecular weight is 395 g/mol. The summed E-state index contributed by atoms with van der Waals surface area (Å²) in [7, 11) is -4.87. The lowest BCUT2D eigenvalue weighted by Crippen LogP contribution is -2.27. The summed E-state index contributed by atoms with van der Waals surface area (Å²) in [6.45, 7) is 0. The third-order valence-electron chi connectivity index (χ3n) is 3.38. The highest BCUT2D eigenvalue weighted by atomic mass is 31.2. The van der Waals surface area contributed by atoms with E-state index in [0.29, 0.717) is 0 Å². The Morgan fingerprint density at radius 2 is 1.42 bits per heavy atom. The third-order valence-corrected chi connectivity index (χ3v) is 4.79. The molecule has 0 aromatic heterocycles. The molecular formula is C15H11F5NO4P. The van der Waals surface area contributed by atoms with E-state index in [1.54, 1.807) is 11.2 Å². The summed E-state index contributed by atoms with van der Waals surface area (Å²) in [5.41, 5.74) is -1.47. The summed E-state index contributed by atoms with van der Waals surface area (Å²) in [6.07, 6.45) is -1.50. The van der Waals surface area contributed by atoms with E-state index >= 15 is 0 Å². The molecule has 0 aliphatic carbocycles. The maximum atomic E-state index is 13.7. The Hall–Kier alpha value is -2.29. The van der Waals surface area contributed by atoms with Crippen LogP contribution in [-0.4, -0.2) is 16.0 Å². The van der Waals surface area contributed by atoms with Gasteiger partial charge in [0.1, 0.15) is 6.04 Å². The van der Waals surface area contributed by atoms with Gasteiger partial charge in [-0.2, -0.15) is 0 Å². The second kappa shape index (κ2) is 7.53. The van der Waals surface area contributed by atoms with Crippen LogP contribution in [0.2, 0.25) is 0 Å². The predicted octanol–water partition coefficient (Wildman–Crippen LogP) is 3.48. The van der Waals surface area contributed by atoms with Crippen LogP contribution in [0.25, 0.3) is 0 Å². The van der Waals surface area contributed by atoms with Gasteiger partial charge in [0.2, 0.25) is 5.82 Å². The maximum Gasteiger partial charge on any atom is 0.325 e. The van der Waals surface area contributed by atoms with E-state index in [1.165, 1.54) is 24.3 Å². The number of halogens is 5. The first-order chi connectivity index (χ1) is 12.0. The molecule has 140 valence electrons. The van der Waals surface area contributed by atoms with Crippen molar-refractivity contribution in [3.63, 3.8) is 0 Å². The molecule has 2 unspecified atom stereocenters. The smallest absolute Gasteiger partial charge is 0.325 e. The van der Waals surface area contributed by atoms with Crippen LogP contribution in [0.1, 0.15) is 17.2 Å². The topological polar surface area (TPSA) is 86.6 Å². The number of carboxylic acids is 1. The van der Waals surface area contributed by atoms with Gasteiger partial charge >= 0.3 is 5.97 Å². The van der Waals surface area contributed by atoms with Crippen LogP contribution in [0.15, 0.2) is 30.3 Å².